The Kier molecular flexibility index (Phi) is 7.27. The Hall–Kier alpha value is -3.09. The molecule has 1 saturated heterocycles. The second-order valence-corrected chi connectivity index (χ2v) is 7.39. The second kappa shape index (κ2) is 10.1. The maximum Gasteiger partial charge on any atom is 0.146 e. The van der Waals surface area contributed by atoms with Crippen LogP contribution in [0.25, 0.3) is 10.9 Å². The Bertz CT molecular complexity index is 1070. The fraction of sp³-hybridized carbons (Fsp3) is 0.286. The molecule has 9 heteroatoms. The molecule has 156 valence electrons. The zero-order valence-electron chi connectivity index (χ0n) is 16.7. The smallest absolute Gasteiger partial charge is 0.146 e. The van der Waals surface area contributed by atoms with Gasteiger partial charge in [-0.1, -0.05) is 0 Å². The molecular weight excluding hydrogens is 405 g/mol. The minimum atomic E-state index is -0.410. The van der Waals surface area contributed by atoms with Gasteiger partial charge in [-0.25, -0.2) is 14.4 Å². The summed E-state index contributed by atoms with van der Waals surface area (Å²) in [6.45, 7) is 1.08. The minimum absolute atomic E-state index is 0.135. The van der Waals surface area contributed by atoms with Gasteiger partial charge in [0.1, 0.15) is 35.9 Å². The van der Waals surface area contributed by atoms with Gasteiger partial charge in [0, 0.05) is 18.2 Å². The number of rotatable bonds is 4. The maximum atomic E-state index is 13.8. The molecule has 1 aromatic heterocycles. The van der Waals surface area contributed by atoms with E-state index < -0.39 is 5.82 Å². The summed E-state index contributed by atoms with van der Waals surface area (Å²) in [5, 5.41) is 13.1. The zero-order valence-corrected chi connectivity index (χ0v) is 17.5. The summed E-state index contributed by atoms with van der Waals surface area (Å²) >= 11 is 1.75. The molecule has 0 spiro atoms. The third-order valence-electron chi connectivity index (χ3n) is 4.26. The van der Waals surface area contributed by atoms with Crippen molar-refractivity contribution in [1.82, 2.24) is 9.97 Å². The van der Waals surface area contributed by atoms with Crippen LogP contribution in [0, 0.1) is 17.1 Å². The van der Waals surface area contributed by atoms with Crippen LogP contribution < -0.4 is 15.8 Å². The Morgan fingerprint density at radius 2 is 2.10 bits per heavy atom. The average Bonchev–Trinajstić information content (AvgIpc) is 3.23. The highest BCUT2D eigenvalue weighted by Gasteiger charge is 2.20. The fourth-order valence-electron chi connectivity index (χ4n) is 3.01. The van der Waals surface area contributed by atoms with Gasteiger partial charge in [-0.3, -0.25) is 0 Å². The first-order valence-corrected chi connectivity index (χ1v) is 10.8. The number of aromatic nitrogens is 2. The second-order valence-electron chi connectivity index (χ2n) is 6.57. The van der Waals surface area contributed by atoms with Gasteiger partial charge in [0.2, 0.25) is 0 Å². The topological polar surface area (TPSA) is 106 Å². The standard InChI is InChI=1S/C19H16FN5O2.C2H6S/c20-12-1-2-15(17(6-12)27-14-3-4-26-9-14)25-19-18-11(8-21)5-13(22)7-16(18)23-10-24-19;1-3-2/h1-2,5-7,10,14H,3-4,9,22H2,(H,23,24,25);1-2H3. The highest BCUT2D eigenvalue weighted by atomic mass is 32.2. The van der Waals surface area contributed by atoms with Gasteiger partial charge in [-0.15, -0.1) is 0 Å². The van der Waals surface area contributed by atoms with Crippen molar-refractivity contribution in [1.29, 1.82) is 5.26 Å². The van der Waals surface area contributed by atoms with E-state index >= 15 is 0 Å². The number of nitrogens with two attached hydrogens (primary N) is 1. The van der Waals surface area contributed by atoms with E-state index in [0.29, 0.717) is 52.6 Å². The first kappa shape index (κ1) is 21.6. The first-order chi connectivity index (χ1) is 14.5. The molecule has 1 fully saturated rings. The quantitative estimate of drug-likeness (QED) is 0.599. The molecule has 1 aliphatic rings. The molecule has 0 saturated carbocycles. The van der Waals surface area contributed by atoms with Gasteiger partial charge in [-0.05, 0) is 36.8 Å². The molecule has 30 heavy (non-hydrogen) atoms. The molecule has 1 aliphatic heterocycles. The van der Waals surface area contributed by atoms with Crippen molar-refractivity contribution in [3.63, 3.8) is 0 Å². The summed E-state index contributed by atoms with van der Waals surface area (Å²) in [4.78, 5) is 8.43. The van der Waals surface area contributed by atoms with Gasteiger partial charge >= 0.3 is 0 Å². The van der Waals surface area contributed by atoms with Crippen molar-refractivity contribution in [3.05, 3.63) is 48.0 Å². The van der Waals surface area contributed by atoms with E-state index in [4.69, 9.17) is 15.2 Å². The van der Waals surface area contributed by atoms with E-state index in [0.717, 1.165) is 6.42 Å². The summed E-state index contributed by atoms with van der Waals surface area (Å²) in [7, 11) is 0. The molecule has 1 unspecified atom stereocenters. The number of nitriles is 1. The number of thioether (sulfide) groups is 1. The molecule has 2 aromatic carbocycles. The van der Waals surface area contributed by atoms with Crippen LogP contribution in [-0.2, 0) is 4.74 Å². The van der Waals surface area contributed by atoms with Crippen LogP contribution in [0.4, 0.5) is 21.6 Å². The first-order valence-electron chi connectivity index (χ1n) is 9.21. The third kappa shape index (κ3) is 5.09. The molecule has 0 radical (unpaired) electrons. The Labute approximate surface area is 178 Å². The van der Waals surface area contributed by atoms with E-state index in [1.807, 2.05) is 12.5 Å². The van der Waals surface area contributed by atoms with Crippen LogP contribution in [0.2, 0.25) is 0 Å². The van der Waals surface area contributed by atoms with Crippen molar-refractivity contribution in [3.8, 4) is 11.8 Å². The SMILES string of the molecule is CSC.N#Cc1cc(N)cc2ncnc(Nc3ccc(F)cc3OC3CCOC3)c12. The Balaban J connectivity index is 0.000000806. The molecular formula is C21H22FN5O2S. The van der Waals surface area contributed by atoms with Gasteiger partial charge in [-0.2, -0.15) is 17.0 Å². The average molecular weight is 428 g/mol. The number of hydrogen-bond donors (Lipinski definition) is 2. The van der Waals surface area contributed by atoms with Crippen molar-refractivity contribution < 1.29 is 13.9 Å². The summed E-state index contributed by atoms with van der Waals surface area (Å²) in [6, 6.07) is 9.55. The molecule has 0 bridgehead atoms. The molecule has 7 nitrogen and oxygen atoms in total. The molecule has 4 rings (SSSR count). The highest BCUT2D eigenvalue weighted by Crippen LogP contribution is 2.33. The zero-order chi connectivity index (χ0) is 21.5. The van der Waals surface area contributed by atoms with Crippen LogP contribution >= 0.6 is 11.8 Å². The number of nitrogen functional groups attached to an aromatic ring is 1. The number of ether oxygens (including phenoxy) is 2. The van der Waals surface area contributed by atoms with E-state index in [-0.39, 0.29) is 6.10 Å². The van der Waals surface area contributed by atoms with E-state index in [2.05, 4.69) is 21.4 Å². The number of halogens is 1. The predicted molar refractivity (Wildman–Crippen MR) is 118 cm³/mol. The molecule has 1 atom stereocenters. The normalized spacial score (nSPS) is 15.2. The highest BCUT2D eigenvalue weighted by molar-refractivity contribution is 7.97. The van der Waals surface area contributed by atoms with Crippen molar-refractivity contribution >= 4 is 39.9 Å². The predicted octanol–water partition coefficient (Wildman–Crippen LogP) is 4.11. The lowest BCUT2D eigenvalue weighted by atomic mass is 10.1. The van der Waals surface area contributed by atoms with Crippen molar-refractivity contribution in [2.45, 2.75) is 12.5 Å². The lowest BCUT2D eigenvalue weighted by Crippen LogP contribution is -2.16. The number of hydrogen-bond acceptors (Lipinski definition) is 8. The lowest BCUT2D eigenvalue weighted by Gasteiger charge is -2.17. The monoisotopic (exact) mass is 427 g/mol. The van der Waals surface area contributed by atoms with Gasteiger partial charge < -0.3 is 20.5 Å². The minimum Gasteiger partial charge on any atom is -0.486 e. The van der Waals surface area contributed by atoms with Gasteiger partial charge in [0.15, 0.2) is 0 Å². The summed E-state index contributed by atoms with van der Waals surface area (Å²) in [5.74, 6) is 0.356. The van der Waals surface area contributed by atoms with Crippen LogP contribution in [0.5, 0.6) is 5.75 Å². The third-order valence-corrected chi connectivity index (χ3v) is 4.26. The van der Waals surface area contributed by atoms with Gasteiger partial charge in [0.25, 0.3) is 0 Å². The Morgan fingerprint density at radius 1 is 1.30 bits per heavy atom. The van der Waals surface area contributed by atoms with E-state index in [9.17, 15) is 9.65 Å². The lowest BCUT2D eigenvalue weighted by molar-refractivity contribution is 0.141. The largest absolute Gasteiger partial charge is 0.486 e. The van der Waals surface area contributed by atoms with Crippen molar-refractivity contribution in [2.75, 3.05) is 36.8 Å². The van der Waals surface area contributed by atoms with Crippen LogP contribution in [-0.4, -0.2) is 41.8 Å². The maximum absolute atomic E-state index is 13.8. The molecule has 0 aliphatic carbocycles. The summed E-state index contributed by atoms with van der Waals surface area (Å²) < 4.78 is 25.0. The van der Waals surface area contributed by atoms with Crippen molar-refractivity contribution in [2.24, 2.45) is 0 Å². The number of nitrogens with one attached hydrogen (secondary N) is 1. The fourth-order valence-corrected chi connectivity index (χ4v) is 3.01. The van der Waals surface area contributed by atoms with Gasteiger partial charge in [0.05, 0.1) is 35.4 Å². The summed E-state index contributed by atoms with van der Waals surface area (Å²) in [5.41, 5.74) is 7.69. The van der Waals surface area contributed by atoms with E-state index in [1.165, 1.54) is 18.5 Å². The summed E-state index contributed by atoms with van der Waals surface area (Å²) in [6.07, 6.45) is 6.06. The van der Waals surface area contributed by atoms with E-state index in [1.54, 1.807) is 30.0 Å². The number of fused-ring (bicyclic) bond motifs is 1. The van der Waals surface area contributed by atoms with Crippen LogP contribution in [0.3, 0.4) is 0 Å². The van der Waals surface area contributed by atoms with Crippen LogP contribution in [0.15, 0.2) is 36.7 Å². The Morgan fingerprint density at radius 3 is 2.80 bits per heavy atom. The molecule has 3 N–H and O–H groups in total. The van der Waals surface area contributed by atoms with Crippen LogP contribution in [0.1, 0.15) is 12.0 Å². The number of anilines is 3. The number of nitrogens with zero attached hydrogens (tertiary/aromatic N) is 3. The number of benzene rings is 2. The molecule has 2 heterocycles. The molecule has 0 amide bonds. The molecule has 3 aromatic rings.